The van der Waals surface area contributed by atoms with Crippen molar-refractivity contribution in [2.75, 3.05) is 7.05 Å². The zero-order valence-corrected chi connectivity index (χ0v) is 16.3. The lowest BCUT2D eigenvalue weighted by atomic mass is 10.0. The third-order valence-electron chi connectivity index (χ3n) is 3.76. The summed E-state index contributed by atoms with van der Waals surface area (Å²) in [5, 5.41) is 2.33. The fraction of sp³-hybridized carbons (Fsp3) is 0.579. The summed E-state index contributed by atoms with van der Waals surface area (Å²) in [5.41, 5.74) is 1.23. The summed E-state index contributed by atoms with van der Waals surface area (Å²) in [5.74, 6) is 0.109. The van der Waals surface area contributed by atoms with Gasteiger partial charge in [-0.3, -0.25) is 19.7 Å². The van der Waals surface area contributed by atoms with Crippen molar-refractivity contribution in [1.29, 1.82) is 0 Å². The lowest BCUT2D eigenvalue weighted by Crippen LogP contribution is -2.52. The Morgan fingerprint density at radius 1 is 1.20 bits per heavy atom. The summed E-state index contributed by atoms with van der Waals surface area (Å²) in [6, 6.07) is -0.403. The van der Waals surface area contributed by atoms with E-state index >= 15 is 0 Å². The minimum Gasteiger partial charge on any atom is -0.351 e. The number of aldehydes is 1. The number of amidine groups is 1. The van der Waals surface area contributed by atoms with Gasteiger partial charge in [0.1, 0.15) is 11.9 Å². The zero-order valence-electron chi connectivity index (χ0n) is 16.3. The van der Waals surface area contributed by atoms with E-state index in [-0.39, 0.29) is 11.8 Å². The molecule has 6 heteroatoms. The van der Waals surface area contributed by atoms with Crippen molar-refractivity contribution in [1.82, 2.24) is 10.2 Å². The number of imide groups is 1. The number of aliphatic imine (C=N–C) groups is 1. The van der Waals surface area contributed by atoms with Crippen molar-refractivity contribution in [2.24, 2.45) is 4.99 Å². The number of nitrogens with one attached hydrogen (secondary N) is 1. The largest absolute Gasteiger partial charge is 0.351 e. The molecule has 0 spiro atoms. The molecule has 1 fully saturated rings. The van der Waals surface area contributed by atoms with Crippen molar-refractivity contribution in [3.05, 3.63) is 23.4 Å². The highest BCUT2D eigenvalue weighted by Gasteiger charge is 2.30. The topological polar surface area (TPSA) is 78.8 Å². The van der Waals surface area contributed by atoms with E-state index in [2.05, 4.69) is 10.3 Å². The van der Waals surface area contributed by atoms with Crippen LogP contribution in [0.1, 0.15) is 60.3 Å². The van der Waals surface area contributed by atoms with Crippen LogP contribution >= 0.6 is 0 Å². The van der Waals surface area contributed by atoms with Gasteiger partial charge in [-0.1, -0.05) is 39.8 Å². The number of carbonyl (C=O) groups excluding carboxylic acids is 3. The molecule has 2 amide bonds. The van der Waals surface area contributed by atoms with E-state index in [1.807, 2.05) is 39.8 Å². The van der Waals surface area contributed by atoms with Crippen LogP contribution in [0.4, 0.5) is 0 Å². The maximum absolute atomic E-state index is 11.9. The predicted octanol–water partition coefficient (Wildman–Crippen LogP) is 3.00. The number of hydrogen-bond donors (Lipinski definition) is 1. The minimum absolute atomic E-state index is 0.236. The van der Waals surface area contributed by atoms with Crippen LogP contribution in [0.5, 0.6) is 0 Å². The van der Waals surface area contributed by atoms with E-state index in [4.69, 9.17) is 0 Å². The summed E-state index contributed by atoms with van der Waals surface area (Å²) in [4.78, 5) is 40.3. The fourth-order valence-corrected chi connectivity index (χ4v) is 2.43. The number of hydrogen-bond acceptors (Lipinski definition) is 4. The van der Waals surface area contributed by atoms with E-state index in [0.29, 0.717) is 29.9 Å². The van der Waals surface area contributed by atoms with Crippen LogP contribution in [-0.4, -0.2) is 41.9 Å². The lowest BCUT2D eigenvalue weighted by Gasteiger charge is -2.31. The number of likely N-dealkylation sites (N-methyl/N-ethyl adjacent to an activating group) is 1. The quantitative estimate of drug-likeness (QED) is 0.368. The molecular weight excluding hydrogens is 318 g/mol. The van der Waals surface area contributed by atoms with E-state index in [1.165, 1.54) is 0 Å². The molecule has 140 valence electrons. The number of nitrogens with zero attached hydrogens (tertiary/aromatic N) is 2. The highest BCUT2D eigenvalue weighted by Crippen LogP contribution is 2.19. The van der Waals surface area contributed by atoms with E-state index in [9.17, 15) is 14.4 Å². The molecule has 25 heavy (non-hydrogen) atoms. The smallest absolute Gasteiger partial charge is 0.249 e. The molecule has 0 radical (unpaired) electrons. The van der Waals surface area contributed by atoms with E-state index < -0.39 is 6.04 Å². The van der Waals surface area contributed by atoms with Crippen LogP contribution < -0.4 is 5.32 Å². The van der Waals surface area contributed by atoms with Crippen LogP contribution in [0.25, 0.3) is 0 Å². The number of amides is 2. The lowest BCUT2D eigenvalue weighted by molar-refractivity contribution is -0.136. The van der Waals surface area contributed by atoms with E-state index in [0.717, 1.165) is 19.1 Å². The number of carbonyl (C=O) groups is 3. The van der Waals surface area contributed by atoms with Crippen molar-refractivity contribution >= 4 is 23.9 Å². The second kappa shape index (κ2) is 12.2. The molecule has 1 saturated heterocycles. The first-order valence-corrected chi connectivity index (χ1v) is 9.00. The Kier molecular flexibility index (Phi) is 11.1. The van der Waals surface area contributed by atoms with Crippen molar-refractivity contribution < 1.29 is 14.4 Å². The third-order valence-corrected chi connectivity index (χ3v) is 3.76. The molecule has 0 aromatic rings. The summed E-state index contributed by atoms with van der Waals surface area (Å²) in [6.45, 7) is 9.79. The first kappa shape index (κ1) is 22.8. The van der Waals surface area contributed by atoms with Gasteiger partial charge in [-0.2, -0.15) is 0 Å². The maximum atomic E-state index is 11.9. The van der Waals surface area contributed by atoms with Crippen LogP contribution in [0.15, 0.2) is 28.4 Å². The first-order valence-electron chi connectivity index (χ1n) is 9.00. The zero-order chi connectivity index (χ0) is 19.4. The number of allylic oxidation sites excluding steroid dienone is 3. The van der Waals surface area contributed by atoms with Gasteiger partial charge in [-0.15, -0.1) is 0 Å². The molecule has 2 rings (SSSR count). The maximum Gasteiger partial charge on any atom is 0.249 e. The predicted molar refractivity (Wildman–Crippen MR) is 101 cm³/mol. The standard InChI is InChI=1S/C15H19N3O3.2C2H6/c1-10(16-12-6-4-3-5-11(12)9-19)18(2)13-7-8-14(20)17-15(13)21;2*1-2/h5-6,9,13H,3-4,7-8H2,1-2H3,(H,17,20,21);2*1-2H3. The van der Waals surface area contributed by atoms with Crippen LogP contribution in [0.3, 0.4) is 0 Å². The number of piperidine rings is 1. The SMILES string of the molecule is CC.CC.CC(=NC1=CCCC=C1C=O)N(C)C1CCC(=O)NC1=O. The molecule has 1 heterocycles. The molecule has 6 nitrogen and oxygen atoms in total. The molecule has 0 aromatic heterocycles. The van der Waals surface area contributed by atoms with E-state index in [1.54, 1.807) is 18.9 Å². The van der Waals surface area contributed by atoms with Crippen molar-refractivity contribution in [3.8, 4) is 0 Å². The fourth-order valence-electron chi connectivity index (χ4n) is 2.43. The van der Waals surface area contributed by atoms with Gasteiger partial charge in [-0.05, 0) is 26.2 Å². The first-order chi connectivity index (χ1) is 12.0. The molecule has 1 atom stereocenters. The van der Waals surface area contributed by atoms with Gasteiger partial charge in [-0.25, -0.2) is 4.99 Å². The monoisotopic (exact) mass is 349 g/mol. The average molecular weight is 349 g/mol. The molecule has 2 aliphatic rings. The molecule has 1 aliphatic carbocycles. The normalized spacial score (nSPS) is 19.9. The summed E-state index contributed by atoms with van der Waals surface area (Å²) >= 11 is 0. The summed E-state index contributed by atoms with van der Waals surface area (Å²) in [7, 11) is 1.77. The molecule has 0 aromatic carbocycles. The Morgan fingerprint density at radius 3 is 2.36 bits per heavy atom. The molecule has 1 N–H and O–H groups in total. The highest BCUT2D eigenvalue weighted by atomic mass is 16.2. The Bertz CT molecular complexity index is 562. The molecule has 0 bridgehead atoms. The third kappa shape index (κ3) is 6.64. The molecule has 0 saturated carbocycles. The highest BCUT2D eigenvalue weighted by molar-refractivity contribution is 6.02. The Morgan fingerprint density at radius 2 is 1.80 bits per heavy atom. The van der Waals surface area contributed by atoms with Gasteiger partial charge in [0.15, 0.2) is 6.29 Å². The summed E-state index contributed by atoms with van der Waals surface area (Å²) < 4.78 is 0. The second-order valence-electron chi connectivity index (χ2n) is 5.18. The van der Waals surface area contributed by atoms with Crippen LogP contribution in [-0.2, 0) is 14.4 Å². The van der Waals surface area contributed by atoms with Crippen LogP contribution in [0, 0.1) is 0 Å². The van der Waals surface area contributed by atoms with Crippen LogP contribution in [0.2, 0.25) is 0 Å². The average Bonchev–Trinajstić information content (AvgIpc) is 2.65. The van der Waals surface area contributed by atoms with Gasteiger partial charge in [0.05, 0.1) is 5.70 Å². The summed E-state index contributed by atoms with van der Waals surface area (Å²) in [6.07, 6.45) is 7.09. The van der Waals surface area contributed by atoms with Gasteiger partial charge in [0, 0.05) is 19.0 Å². The minimum atomic E-state index is -0.403. The molecule has 1 aliphatic heterocycles. The van der Waals surface area contributed by atoms with Gasteiger partial charge >= 0.3 is 0 Å². The van der Waals surface area contributed by atoms with Gasteiger partial charge in [0.2, 0.25) is 11.8 Å². The second-order valence-corrected chi connectivity index (χ2v) is 5.18. The number of rotatable bonds is 3. The Labute approximate surface area is 151 Å². The molecular formula is C19H31N3O3. The Hall–Kier alpha value is -2.24. The van der Waals surface area contributed by atoms with Crippen molar-refractivity contribution in [2.45, 2.75) is 66.3 Å². The van der Waals surface area contributed by atoms with Crippen molar-refractivity contribution in [3.63, 3.8) is 0 Å². The Balaban J connectivity index is 0.00000134. The molecule has 1 unspecified atom stereocenters. The van der Waals surface area contributed by atoms with Gasteiger partial charge < -0.3 is 4.90 Å². The van der Waals surface area contributed by atoms with Gasteiger partial charge in [0.25, 0.3) is 0 Å².